The SMILES string of the molecule is O=C(OC1COC(n2c(=O)oc3ccc(F)cc32)C(OC(=O)c2ccccc2)C1OC(=O)c1ccccc1)c1ccccc1. The van der Waals surface area contributed by atoms with Crippen molar-refractivity contribution in [3.05, 3.63) is 142 Å². The summed E-state index contributed by atoms with van der Waals surface area (Å²) in [6.45, 7) is -0.385. The second kappa shape index (κ2) is 12.4. The van der Waals surface area contributed by atoms with E-state index in [0.29, 0.717) is 0 Å². The lowest BCUT2D eigenvalue weighted by atomic mass is 10.0. The van der Waals surface area contributed by atoms with Crippen molar-refractivity contribution < 1.29 is 42.1 Å². The largest absolute Gasteiger partial charge is 0.452 e. The molecule has 0 bridgehead atoms. The standard InChI is InChI=1S/C33H24FNO9/c34-23-16-17-25-24(18-23)35(33(39)42-25)29-28(44-32(38)22-14-8-3-9-15-22)27(43-31(37)21-12-6-2-7-13-21)26(19-40-29)41-30(36)20-10-4-1-5-11-20/h1-18,26-29H,19H2. The Bertz CT molecular complexity index is 1850. The van der Waals surface area contributed by atoms with E-state index >= 15 is 0 Å². The quantitative estimate of drug-likeness (QED) is 0.190. The molecule has 1 fully saturated rings. The number of hydrogen-bond acceptors (Lipinski definition) is 9. The van der Waals surface area contributed by atoms with Gasteiger partial charge in [-0.2, -0.15) is 0 Å². The van der Waals surface area contributed by atoms with Crippen molar-refractivity contribution in [2.45, 2.75) is 24.5 Å². The summed E-state index contributed by atoms with van der Waals surface area (Å²) in [6, 6.07) is 27.6. The van der Waals surface area contributed by atoms with Crippen LogP contribution >= 0.6 is 0 Å². The Kier molecular flexibility index (Phi) is 8.02. The van der Waals surface area contributed by atoms with Crippen molar-refractivity contribution in [1.82, 2.24) is 4.57 Å². The van der Waals surface area contributed by atoms with Gasteiger partial charge >= 0.3 is 23.7 Å². The van der Waals surface area contributed by atoms with E-state index in [1.54, 1.807) is 66.7 Å². The molecule has 5 aromatic rings. The molecule has 44 heavy (non-hydrogen) atoms. The van der Waals surface area contributed by atoms with Crippen LogP contribution in [0.3, 0.4) is 0 Å². The lowest BCUT2D eigenvalue weighted by Crippen LogP contribution is -2.56. The maximum Gasteiger partial charge on any atom is 0.422 e. The first-order valence-electron chi connectivity index (χ1n) is 13.6. The maximum absolute atomic E-state index is 14.3. The topological polar surface area (TPSA) is 123 Å². The molecule has 0 aliphatic carbocycles. The van der Waals surface area contributed by atoms with Crippen molar-refractivity contribution in [2.75, 3.05) is 6.61 Å². The smallest absolute Gasteiger partial charge is 0.422 e. The molecule has 1 aliphatic rings. The number of ether oxygens (including phenoxy) is 4. The summed E-state index contributed by atoms with van der Waals surface area (Å²) >= 11 is 0. The Hall–Kier alpha value is -5.55. The third-order valence-corrected chi connectivity index (χ3v) is 7.00. The zero-order valence-corrected chi connectivity index (χ0v) is 22.9. The third kappa shape index (κ3) is 5.86. The van der Waals surface area contributed by atoms with Crippen molar-refractivity contribution in [3.63, 3.8) is 0 Å². The van der Waals surface area contributed by atoms with Crippen molar-refractivity contribution in [2.24, 2.45) is 0 Å². The molecule has 6 rings (SSSR count). The summed E-state index contributed by atoms with van der Waals surface area (Å²) in [6.07, 6.45) is -5.81. The molecular weight excluding hydrogens is 573 g/mol. The molecule has 0 saturated carbocycles. The number of carbonyl (C=O) groups excluding carboxylic acids is 3. The zero-order valence-electron chi connectivity index (χ0n) is 22.9. The van der Waals surface area contributed by atoms with Crippen LogP contribution in [-0.4, -0.2) is 47.4 Å². The molecule has 4 atom stereocenters. The van der Waals surface area contributed by atoms with Crippen molar-refractivity contribution in [1.29, 1.82) is 0 Å². The van der Waals surface area contributed by atoms with Gasteiger partial charge < -0.3 is 23.4 Å². The molecule has 10 nitrogen and oxygen atoms in total. The first kappa shape index (κ1) is 28.6. The monoisotopic (exact) mass is 597 g/mol. The van der Waals surface area contributed by atoms with Crippen molar-refractivity contribution >= 4 is 29.0 Å². The number of esters is 3. The average molecular weight is 598 g/mol. The number of benzene rings is 4. The van der Waals surface area contributed by atoms with E-state index in [0.717, 1.165) is 16.7 Å². The summed E-state index contributed by atoms with van der Waals surface area (Å²) < 4.78 is 44.1. The molecule has 0 radical (unpaired) electrons. The van der Waals surface area contributed by atoms with Gasteiger partial charge in [-0.25, -0.2) is 28.1 Å². The Balaban J connectivity index is 1.44. The fraction of sp³-hybridized carbons (Fsp3) is 0.152. The van der Waals surface area contributed by atoms with Gasteiger partial charge in [0.1, 0.15) is 5.82 Å². The first-order chi connectivity index (χ1) is 21.4. The molecule has 2 heterocycles. The minimum atomic E-state index is -1.57. The van der Waals surface area contributed by atoms with E-state index < -0.39 is 54.0 Å². The summed E-state index contributed by atoms with van der Waals surface area (Å²) in [5.41, 5.74) is 0.591. The summed E-state index contributed by atoms with van der Waals surface area (Å²) in [4.78, 5) is 52.9. The van der Waals surface area contributed by atoms with E-state index in [-0.39, 0.29) is 34.4 Å². The molecular formula is C33H24FNO9. The summed E-state index contributed by atoms with van der Waals surface area (Å²) in [7, 11) is 0. The van der Waals surface area contributed by atoms with E-state index in [4.69, 9.17) is 23.4 Å². The zero-order chi connectivity index (χ0) is 30.6. The van der Waals surface area contributed by atoms with Gasteiger partial charge in [-0.3, -0.25) is 0 Å². The first-order valence-corrected chi connectivity index (χ1v) is 13.6. The van der Waals surface area contributed by atoms with Gasteiger partial charge in [0, 0.05) is 6.07 Å². The summed E-state index contributed by atoms with van der Waals surface area (Å²) in [5.74, 6) is -4.01. The van der Waals surface area contributed by atoms with E-state index in [1.807, 2.05) is 0 Å². The number of aromatic nitrogens is 1. The van der Waals surface area contributed by atoms with Crippen molar-refractivity contribution in [3.8, 4) is 0 Å². The number of oxazole rings is 1. The summed E-state index contributed by atoms with van der Waals surface area (Å²) in [5, 5.41) is 0. The lowest BCUT2D eigenvalue weighted by molar-refractivity contribution is -0.212. The minimum absolute atomic E-state index is 0.00799. The van der Waals surface area contributed by atoms with Gasteiger partial charge in [0.05, 0.1) is 28.8 Å². The van der Waals surface area contributed by atoms with Crippen LogP contribution in [0.4, 0.5) is 4.39 Å². The highest BCUT2D eigenvalue weighted by Crippen LogP contribution is 2.33. The molecule has 4 aromatic carbocycles. The third-order valence-electron chi connectivity index (χ3n) is 7.00. The van der Waals surface area contributed by atoms with Gasteiger partial charge in [0.25, 0.3) is 0 Å². The Morgan fingerprint density at radius 3 is 1.73 bits per heavy atom. The Labute approximate surface area is 249 Å². The van der Waals surface area contributed by atoms with Gasteiger partial charge in [-0.15, -0.1) is 0 Å². The number of carbonyl (C=O) groups is 3. The van der Waals surface area contributed by atoms with E-state index in [1.165, 1.54) is 30.3 Å². The average Bonchev–Trinajstić information content (AvgIpc) is 3.38. The molecule has 222 valence electrons. The van der Waals surface area contributed by atoms with Gasteiger partial charge in [-0.05, 0) is 48.5 Å². The Morgan fingerprint density at radius 2 is 1.18 bits per heavy atom. The van der Waals surface area contributed by atoms with Gasteiger partial charge in [0.15, 0.2) is 30.1 Å². The molecule has 0 N–H and O–H groups in total. The fourth-order valence-corrected chi connectivity index (χ4v) is 4.91. The van der Waals surface area contributed by atoms with Crippen LogP contribution in [0, 0.1) is 5.82 Å². The number of halogens is 1. The molecule has 1 aliphatic heterocycles. The predicted octanol–water partition coefficient (Wildman–Crippen LogP) is 4.94. The van der Waals surface area contributed by atoms with E-state index in [2.05, 4.69) is 0 Å². The van der Waals surface area contributed by atoms with Gasteiger partial charge in [-0.1, -0.05) is 54.6 Å². The molecule has 1 aromatic heterocycles. The predicted molar refractivity (Wildman–Crippen MR) is 152 cm³/mol. The Morgan fingerprint density at radius 1 is 0.682 bits per heavy atom. The maximum atomic E-state index is 14.3. The number of rotatable bonds is 7. The number of nitrogens with zero attached hydrogens (tertiary/aromatic N) is 1. The van der Waals surface area contributed by atoms with Crippen LogP contribution in [0.1, 0.15) is 37.3 Å². The number of hydrogen-bond donors (Lipinski definition) is 0. The van der Waals surface area contributed by atoms with Crippen LogP contribution in [0.5, 0.6) is 0 Å². The second-order valence-corrected chi connectivity index (χ2v) is 9.86. The van der Waals surface area contributed by atoms with Crippen LogP contribution in [0.25, 0.3) is 11.1 Å². The highest BCUT2D eigenvalue weighted by atomic mass is 19.1. The second-order valence-electron chi connectivity index (χ2n) is 9.86. The number of fused-ring (bicyclic) bond motifs is 1. The van der Waals surface area contributed by atoms with Crippen LogP contribution in [0.15, 0.2) is 118 Å². The van der Waals surface area contributed by atoms with Crippen LogP contribution < -0.4 is 5.76 Å². The minimum Gasteiger partial charge on any atom is -0.452 e. The normalized spacial score (nSPS) is 19.7. The highest BCUT2D eigenvalue weighted by Gasteiger charge is 2.49. The molecule has 0 amide bonds. The molecule has 1 saturated heterocycles. The van der Waals surface area contributed by atoms with Crippen LogP contribution in [0.2, 0.25) is 0 Å². The fourth-order valence-electron chi connectivity index (χ4n) is 4.91. The van der Waals surface area contributed by atoms with Gasteiger partial charge in [0.2, 0.25) is 0 Å². The molecule has 11 heteroatoms. The van der Waals surface area contributed by atoms with Crippen LogP contribution in [-0.2, 0) is 18.9 Å². The molecule has 4 unspecified atom stereocenters. The highest BCUT2D eigenvalue weighted by molar-refractivity contribution is 5.91. The molecule has 0 spiro atoms. The van der Waals surface area contributed by atoms with E-state index in [9.17, 15) is 23.6 Å². The lowest BCUT2D eigenvalue weighted by Gasteiger charge is -2.40.